The summed E-state index contributed by atoms with van der Waals surface area (Å²) in [6.45, 7) is 2.71. The van der Waals surface area contributed by atoms with Crippen LogP contribution >= 0.6 is 23.2 Å². The quantitative estimate of drug-likeness (QED) is 0.732. The van der Waals surface area contributed by atoms with Gasteiger partial charge in [-0.3, -0.25) is 9.79 Å². The maximum atomic E-state index is 13.1. The third-order valence-electron chi connectivity index (χ3n) is 6.07. The van der Waals surface area contributed by atoms with Gasteiger partial charge in [0.25, 0.3) is 0 Å². The van der Waals surface area contributed by atoms with Gasteiger partial charge in [0.2, 0.25) is 5.91 Å². The molecule has 0 aromatic heterocycles. The Hall–Kier alpha value is -2.12. The molecule has 1 atom stereocenters. The fourth-order valence-corrected chi connectivity index (χ4v) is 4.79. The van der Waals surface area contributed by atoms with Crippen LogP contribution < -0.4 is 5.32 Å². The summed E-state index contributed by atoms with van der Waals surface area (Å²) in [4.78, 5) is 20.2. The number of hydrogen-bond donors (Lipinski definition) is 1. The van der Waals surface area contributed by atoms with E-state index in [1.807, 2.05) is 36.4 Å². The van der Waals surface area contributed by atoms with Crippen molar-refractivity contribution in [2.24, 2.45) is 4.99 Å². The van der Waals surface area contributed by atoms with Crippen LogP contribution in [-0.2, 0) is 20.7 Å². The number of aliphatic imine (C=N–C) groups is 1. The Bertz CT molecular complexity index is 1030. The summed E-state index contributed by atoms with van der Waals surface area (Å²) in [5, 5.41) is 4.26. The van der Waals surface area contributed by atoms with Crippen LogP contribution in [0.15, 0.2) is 47.5 Å². The van der Waals surface area contributed by atoms with Gasteiger partial charge < -0.3 is 19.7 Å². The molecule has 5 rings (SSSR count). The molecule has 3 aliphatic heterocycles. The summed E-state index contributed by atoms with van der Waals surface area (Å²) in [7, 11) is 0. The molecule has 1 spiro atoms. The first-order valence-corrected chi connectivity index (χ1v) is 11.2. The Kier molecular flexibility index (Phi) is 5.65. The number of anilines is 1. The number of amidine groups is 1. The average Bonchev–Trinajstić information content (AvgIpc) is 3.17. The van der Waals surface area contributed by atoms with Gasteiger partial charge in [0.1, 0.15) is 11.9 Å². The van der Waals surface area contributed by atoms with Crippen LogP contribution in [0.2, 0.25) is 10.0 Å². The number of fused-ring (bicyclic) bond motifs is 1. The number of benzodiazepines with no additional fused rings is 1. The van der Waals surface area contributed by atoms with E-state index in [-0.39, 0.29) is 5.91 Å². The Labute approximate surface area is 191 Å². The highest BCUT2D eigenvalue weighted by atomic mass is 35.5. The monoisotopic (exact) mass is 459 g/mol. The highest BCUT2D eigenvalue weighted by molar-refractivity contribution is 6.31. The molecule has 6 nitrogen and oxygen atoms in total. The molecule has 2 saturated heterocycles. The first kappa shape index (κ1) is 20.8. The van der Waals surface area contributed by atoms with Gasteiger partial charge in [0.15, 0.2) is 5.79 Å². The minimum Gasteiger partial charge on any atom is -0.356 e. The second-order valence-corrected chi connectivity index (χ2v) is 8.88. The highest BCUT2D eigenvalue weighted by Gasteiger charge is 2.41. The topological polar surface area (TPSA) is 63.2 Å². The predicted octanol–water partition coefficient (Wildman–Crippen LogP) is 4.14. The largest absolute Gasteiger partial charge is 0.356 e. The lowest BCUT2D eigenvalue weighted by atomic mass is 10.0. The maximum absolute atomic E-state index is 13.1. The van der Waals surface area contributed by atoms with Crippen LogP contribution in [0.1, 0.15) is 24.0 Å². The van der Waals surface area contributed by atoms with Gasteiger partial charge in [0.05, 0.1) is 18.9 Å². The first-order valence-electron chi connectivity index (χ1n) is 10.5. The number of carbonyl (C=O) groups is 1. The van der Waals surface area contributed by atoms with Gasteiger partial charge in [-0.05, 0) is 29.8 Å². The fraction of sp³-hybridized carbons (Fsp3) is 0.391. The van der Waals surface area contributed by atoms with Crippen molar-refractivity contribution in [3.8, 4) is 0 Å². The smallest absolute Gasteiger partial charge is 0.249 e. The third kappa shape index (κ3) is 4.17. The molecule has 31 heavy (non-hydrogen) atoms. The molecule has 2 aromatic rings. The van der Waals surface area contributed by atoms with Gasteiger partial charge in [-0.15, -0.1) is 0 Å². The van der Waals surface area contributed by atoms with Crippen LogP contribution in [0.4, 0.5) is 5.69 Å². The van der Waals surface area contributed by atoms with E-state index in [0.717, 1.165) is 42.9 Å². The Balaban J connectivity index is 1.49. The van der Waals surface area contributed by atoms with Gasteiger partial charge in [-0.25, -0.2) is 0 Å². The number of benzene rings is 2. The van der Waals surface area contributed by atoms with E-state index in [1.165, 1.54) is 0 Å². The van der Waals surface area contributed by atoms with Gasteiger partial charge in [-0.2, -0.15) is 0 Å². The number of halogens is 2. The molecule has 1 N–H and O–H groups in total. The molecule has 0 radical (unpaired) electrons. The molecule has 2 aromatic carbocycles. The SMILES string of the molecule is O=C1Nc2ccc(Cl)cc2C(N2CCC3(CC2)OCCO3)=NC1Cc1ccccc1Cl. The molecule has 0 aliphatic carbocycles. The first-order chi connectivity index (χ1) is 15.0. The summed E-state index contributed by atoms with van der Waals surface area (Å²) in [6, 6.07) is 12.4. The van der Waals surface area contributed by atoms with Crippen LogP contribution in [0, 0.1) is 0 Å². The van der Waals surface area contributed by atoms with Crippen LogP contribution in [0.3, 0.4) is 0 Å². The van der Waals surface area contributed by atoms with Crippen molar-refractivity contribution in [2.75, 3.05) is 31.6 Å². The molecule has 1 unspecified atom stereocenters. The fourth-order valence-electron chi connectivity index (χ4n) is 4.41. The lowest BCUT2D eigenvalue weighted by Gasteiger charge is -2.39. The number of amides is 1. The second kappa shape index (κ2) is 8.43. The van der Waals surface area contributed by atoms with Gasteiger partial charge >= 0.3 is 0 Å². The number of nitrogens with one attached hydrogen (secondary N) is 1. The van der Waals surface area contributed by atoms with E-state index >= 15 is 0 Å². The van der Waals surface area contributed by atoms with E-state index in [4.69, 9.17) is 37.7 Å². The zero-order valence-corrected chi connectivity index (χ0v) is 18.5. The molecule has 8 heteroatoms. The number of nitrogens with zero attached hydrogens (tertiary/aromatic N) is 2. The van der Waals surface area contributed by atoms with E-state index in [2.05, 4.69) is 10.2 Å². The van der Waals surface area contributed by atoms with Crippen molar-refractivity contribution in [3.05, 3.63) is 63.6 Å². The van der Waals surface area contributed by atoms with E-state index in [1.54, 1.807) is 6.07 Å². The van der Waals surface area contributed by atoms with Crippen LogP contribution in [-0.4, -0.2) is 54.8 Å². The molecule has 2 fully saturated rings. The van der Waals surface area contributed by atoms with Crippen LogP contribution in [0.25, 0.3) is 0 Å². The lowest BCUT2D eigenvalue weighted by molar-refractivity contribution is -0.180. The third-order valence-corrected chi connectivity index (χ3v) is 6.67. The van der Waals surface area contributed by atoms with Crippen molar-refractivity contribution in [1.29, 1.82) is 0 Å². The normalized spacial score (nSPS) is 22.6. The lowest BCUT2D eigenvalue weighted by Crippen LogP contribution is -2.47. The standard InChI is InChI=1S/C23H23Cl2N3O3/c24-16-5-6-19-17(14-16)21(28-9-7-23(8-10-28)30-11-12-31-23)26-20(22(29)27-19)13-15-3-1-2-4-18(15)25/h1-6,14,20H,7-13H2,(H,27,29). The van der Waals surface area contributed by atoms with Crippen LogP contribution in [0.5, 0.6) is 0 Å². The average molecular weight is 460 g/mol. The summed E-state index contributed by atoms with van der Waals surface area (Å²) in [5.41, 5.74) is 2.43. The van der Waals surface area contributed by atoms with Gasteiger partial charge in [0, 0.05) is 48.0 Å². The Morgan fingerprint density at radius 1 is 1.10 bits per heavy atom. The van der Waals surface area contributed by atoms with Crippen molar-refractivity contribution in [1.82, 2.24) is 4.90 Å². The molecule has 0 saturated carbocycles. The number of likely N-dealkylation sites (tertiary alicyclic amines) is 1. The van der Waals surface area contributed by atoms with E-state index in [0.29, 0.717) is 35.4 Å². The minimum absolute atomic E-state index is 0.158. The second-order valence-electron chi connectivity index (χ2n) is 8.04. The zero-order chi connectivity index (χ0) is 21.4. The van der Waals surface area contributed by atoms with Crippen molar-refractivity contribution in [3.63, 3.8) is 0 Å². The summed E-state index contributed by atoms with van der Waals surface area (Å²) in [5.74, 6) is 0.124. The summed E-state index contributed by atoms with van der Waals surface area (Å²) >= 11 is 12.7. The van der Waals surface area contributed by atoms with Crippen molar-refractivity contribution < 1.29 is 14.3 Å². The molecular weight excluding hydrogens is 437 g/mol. The number of ether oxygens (including phenoxy) is 2. The molecule has 0 bridgehead atoms. The van der Waals surface area contributed by atoms with Crippen molar-refractivity contribution >= 4 is 40.6 Å². The minimum atomic E-state index is -0.601. The Morgan fingerprint density at radius 2 is 1.84 bits per heavy atom. The van der Waals surface area contributed by atoms with E-state index in [9.17, 15) is 4.79 Å². The number of piperidine rings is 1. The maximum Gasteiger partial charge on any atom is 0.249 e. The Morgan fingerprint density at radius 3 is 2.58 bits per heavy atom. The number of carbonyl (C=O) groups excluding carboxylic acids is 1. The summed E-state index contributed by atoms with van der Waals surface area (Å²) in [6.07, 6.45) is 1.91. The van der Waals surface area contributed by atoms with Crippen molar-refractivity contribution in [2.45, 2.75) is 31.1 Å². The molecule has 3 aliphatic rings. The summed E-state index contributed by atoms with van der Waals surface area (Å²) < 4.78 is 11.7. The molecular formula is C23H23Cl2N3O3. The molecule has 162 valence electrons. The zero-order valence-electron chi connectivity index (χ0n) is 16.9. The van der Waals surface area contributed by atoms with Gasteiger partial charge in [-0.1, -0.05) is 41.4 Å². The number of hydrogen-bond acceptors (Lipinski definition) is 5. The molecule has 3 heterocycles. The molecule has 1 amide bonds. The number of rotatable bonds is 2. The van der Waals surface area contributed by atoms with E-state index < -0.39 is 11.8 Å². The highest BCUT2D eigenvalue weighted by Crippen LogP contribution is 2.34. The predicted molar refractivity (Wildman–Crippen MR) is 121 cm³/mol.